The van der Waals surface area contributed by atoms with Crippen LogP contribution in [0.15, 0.2) is 0 Å². The van der Waals surface area contributed by atoms with Gasteiger partial charge in [0.15, 0.2) is 11.5 Å². The maximum absolute atomic E-state index is 4.76. The Morgan fingerprint density at radius 1 is 1.35 bits per heavy atom. The monoisotopic (exact) mass is 286 g/mol. The third kappa shape index (κ3) is 1.62. The third-order valence-electron chi connectivity index (χ3n) is 4.25. The normalized spacial score (nSPS) is 18.9. The van der Waals surface area contributed by atoms with Gasteiger partial charge in [-0.2, -0.15) is 4.52 Å². The summed E-state index contributed by atoms with van der Waals surface area (Å²) >= 11 is 1.86. The highest BCUT2D eigenvalue weighted by atomic mass is 32.1. The van der Waals surface area contributed by atoms with Gasteiger partial charge in [-0.15, -0.1) is 16.4 Å². The van der Waals surface area contributed by atoms with Crippen LogP contribution in [0.1, 0.15) is 42.4 Å². The van der Waals surface area contributed by atoms with Gasteiger partial charge in [-0.25, -0.2) is 9.97 Å². The molecule has 1 unspecified atom stereocenters. The molecule has 0 saturated heterocycles. The van der Waals surface area contributed by atoms with Crippen LogP contribution in [0.2, 0.25) is 0 Å². The molecule has 3 aromatic heterocycles. The van der Waals surface area contributed by atoms with E-state index in [9.17, 15) is 0 Å². The fourth-order valence-corrected chi connectivity index (χ4v) is 4.40. The van der Waals surface area contributed by atoms with Crippen molar-refractivity contribution in [1.29, 1.82) is 0 Å². The molecule has 104 valence electrons. The number of aryl methyl sites for hydroxylation is 3. The van der Waals surface area contributed by atoms with Crippen molar-refractivity contribution in [2.45, 2.75) is 46.5 Å². The Hall–Kier alpha value is -1.49. The van der Waals surface area contributed by atoms with Crippen molar-refractivity contribution in [2.75, 3.05) is 0 Å². The number of fused-ring (bicyclic) bond motifs is 5. The number of thiophene rings is 1. The average molecular weight is 286 g/mol. The summed E-state index contributed by atoms with van der Waals surface area (Å²) < 4.78 is 1.92. The molecule has 0 fully saturated rings. The van der Waals surface area contributed by atoms with Crippen LogP contribution in [0.4, 0.5) is 0 Å². The van der Waals surface area contributed by atoms with Crippen LogP contribution in [0.25, 0.3) is 15.9 Å². The molecule has 4 nitrogen and oxygen atoms in total. The minimum Gasteiger partial charge on any atom is -0.222 e. The van der Waals surface area contributed by atoms with E-state index in [1.807, 2.05) is 22.8 Å². The first-order chi connectivity index (χ1) is 9.67. The Labute approximate surface area is 121 Å². The van der Waals surface area contributed by atoms with Crippen molar-refractivity contribution in [2.24, 2.45) is 5.92 Å². The summed E-state index contributed by atoms with van der Waals surface area (Å²) in [6.45, 7) is 6.45. The van der Waals surface area contributed by atoms with Gasteiger partial charge in [-0.1, -0.05) is 13.8 Å². The van der Waals surface area contributed by atoms with Gasteiger partial charge in [-0.3, -0.25) is 0 Å². The lowest BCUT2D eigenvalue weighted by atomic mass is 9.89. The van der Waals surface area contributed by atoms with Gasteiger partial charge >= 0.3 is 0 Å². The van der Waals surface area contributed by atoms with Crippen LogP contribution in [-0.2, 0) is 19.3 Å². The number of rotatable bonds is 1. The Balaban J connectivity index is 2.11. The Morgan fingerprint density at radius 2 is 2.20 bits per heavy atom. The van der Waals surface area contributed by atoms with Crippen LogP contribution >= 0.6 is 11.3 Å². The molecule has 0 N–H and O–H groups in total. The van der Waals surface area contributed by atoms with E-state index < -0.39 is 0 Å². The molecular weight excluding hydrogens is 268 g/mol. The summed E-state index contributed by atoms with van der Waals surface area (Å²) in [5, 5.41) is 5.83. The zero-order valence-electron chi connectivity index (χ0n) is 12.1. The average Bonchev–Trinajstić information content (AvgIpc) is 2.99. The molecule has 0 amide bonds. The summed E-state index contributed by atoms with van der Waals surface area (Å²) in [7, 11) is 0. The zero-order valence-corrected chi connectivity index (χ0v) is 12.9. The summed E-state index contributed by atoms with van der Waals surface area (Å²) in [6.07, 6.45) is 4.51. The van der Waals surface area contributed by atoms with Crippen molar-refractivity contribution in [3.05, 3.63) is 22.1 Å². The molecule has 20 heavy (non-hydrogen) atoms. The van der Waals surface area contributed by atoms with Gasteiger partial charge in [0.2, 0.25) is 0 Å². The Morgan fingerprint density at radius 3 is 3.00 bits per heavy atom. The van der Waals surface area contributed by atoms with Crippen molar-refractivity contribution in [3.63, 3.8) is 0 Å². The molecular formula is C15H18N4S. The highest BCUT2D eigenvalue weighted by Crippen LogP contribution is 2.38. The zero-order chi connectivity index (χ0) is 13.9. The standard InChI is InChI=1S/C15H18N4S/c1-4-12-17-14-13-10-7-8(2)5-6-11(10)20-15(13)16-9(3)19(14)18-12/h8H,4-7H2,1-3H3. The lowest BCUT2D eigenvalue weighted by Crippen LogP contribution is -2.09. The second kappa shape index (κ2) is 4.25. The Kier molecular flexibility index (Phi) is 2.61. The second-order valence-electron chi connectivity index (χ2n) is 5.81. The molecule has 1 aliphatic rings. The maximum atomic E-state index is 4.76. The first kappa shape index (κ1) is 12.3. The van der Waals surface area contributed by atoms with Gasteiger partial charge < -0.3 is 0 Å². The molecule has 0 aromatic carbocycles. The molecule has 5 heteroatoms. The molecule has 1 aliphatic carbocycles. The van der Waals surface area contributed by atoms with E-state index >= 15 is 0 Å². The first-order valence-corrected chi connectivity index (χ1v) is 8.15. The van der Waals surface area contributed by atoms with E-state index in [1.54, 1.807) is 0 Å². The molecule has 0 bridgehead atoms. The predicted molar refractivity (Wildman–Crippen MR) is 81.5 cm³/mol. The smallest absolute Gasteiger partial charge is 0.168 e. The summed E-state index contributed by atoms with van der Waals surface area (Å²) in [6, 6.07) is 0. The van der Waals surface area contributed by atoms with Crippen molar-refractivity contribution in [1.82, 2.24) is 19.6 Å². The van der Waals surface area contributed by atoms with Crippen molar-refractivity contribution in [3.8, 4) is 0 Å². The van der Waals surface area contributed by atoms with E-state index in [-0.39, 0.29) is 0 Å². The molecule has 1 atom stereocenters. The highest BCUT2D eigenvalue weighted by Gasteiger charge is 2.24. The largest absolute Gasteiger partial charge is 0.222 e. The maximum Gasteiger partial charge on any atom is 0.168 e. The van der Waals surface area contributed by atoms with E-state index in [2.05, 4.69) is 18.9 Å². The SMILES string of the molecule is CCc1nc2c3c4c(sc3nc(C)n2n1)CCC(C)C4. The molecule has 0 saturated carbocycles. The fourth-order valence-electron chi connectivity index (χ4n) is 3.14. The summed E-state index contributed by atoms with van der Waals surface area (Å²) in [4.78, 5) is 12.2. The van der Waals surface area contributed by atoms with Crippen LogP contribution in [0.5, 0.6) is 0 Å². The molecule has 3 aromatic rings. The van der Waals surface area contributed by atoms with Crippen LogP contribution in [0.3, 0.4) is 0 Å². The number of hydrogen-bond acceptors (Lipinski definition) is 4. The van der Waals surface area contributed by atoms with Crippen LogP contribution < -0.4 is 0 Å². The van der Waals surface area contributed by atoms with Crippen molar-refractivity contribution >= 4 is 27.2 Å². The lowest BCUT2D eigenvalue weighted by Gasteiger charge is -2.17. The van der Waals surface area contributed by atoms with Gasteiger partial charge in [-0.05, 0) is 37.7 Å². The van der Waals surface area contributed by atoms with Gasteiger partial charge in [0.25, 0.3) is 0 Å². The van der Waals surface area contributed by atoms with Gasteiger partial charge in [0.1, 0.15) is 10.7 Å². The molecule has 3 heterocycles. The topological polar surface area (TPSA) is 43.1 Å². The third-order valence-corrected chi connectivity index (χ3v) is 5.44. The summed E-state index contributed by atoms with van der Waals surface area (Å²) in [5.74, 6) is 2.60. The predicted octanol–water partition coefficient (Wildman–Crippen LogP) is 3.33. The van der Waals surface area contributed by atoms with Gasteiger partial charge in [0.05, 0.1) is 5.39 Å². The van der Waals surface area contributed by atoms with E-state index in [0.717, 1.165) is 40.9 Å². The lowest BCUT2D eigenvalue weighted by molar-refractivity contribution is 0.508. The summed E-state index contributed by atoms with van der Waals surface area (Å²) in [5.41, 5.74) is 2.49. The quantitative estimate of drug-likeness (QED) is 0.689. The van der Waals surface area contributed by atoms with Crippen LogP contribution in [0, 0.1) is 12.8 Å². The first-order valence-electron chi connectivity index (χ1n) is 7.34. The molecule has 0 aliphatic heterocycles. The van der Waals surface area contributed by atoms with E-state index in [0.29, 0.717) is 0 Å². The van der Waals surface area contributed by atoms with E-state index in [1.165, 1.54) is 28.7 Å². The number of hydrogen-bond donors (Lipinski definition) is 0. The minimum atomic E-state index is 0.759. The molecule has 0 spiro atoms. The Bertz CT molecular complexity index is 814. The highest BCUT2D eigenvalue weighted by molar-refractivity contribution is 7.19. The minimum absolute atomic E-state index is 0.759. The number of nitrogens with zero attached hydrogens (tertiary/aromatic N) is 4. The fraction of sp³-hybridized carbons (Fsp3) is 0.533. The second-order valence-corrected chi connectivity index (χ2v) is 6.89. The van der Waals surface area contributed by atoms with Crippen molar-refractivity contribution < 1.29 is 0 Å². The number of aromatic nitrogens is 4. The molecule has 4 rings (SSSR count). The van der Waals surface area contributed by atoms with E-state index in [4.69, 9.17) is 9.97 Å². The van der Waals surface area contributed by atoms with Gasteiger partial charge in [0, 0.05) is 11.3 Å². The molecule has 0 radical (unpaired) electrons. The van der Waals surface area contributed by atoms with Crippen LogP contribution in [-0.4, -0.2) is 19.6 Å².